The SMILES string of the molecule is CCCOc1ccc(CN(CCC)C(=O)CNC)cc1OC. The van der Waals surface area contributed by atoms with E-state index >= 15 is 0 Å². The molecule has 0 heterocycles. The molecule has 0 saturated heterocycles. The molecule has 0 unspecified atom stereocenters. The zero-order valence-corrected chi connectivity index (χ0v) is 14.1. The van der Waals surface area contributed by atoms with Crippen molar-refractivity contribution in [3.05, 3.63) is 23.8 Å². The van der Waals surface area contributed by atoms with Gasteiger partial charge in [0.25, 0.3) is 0 Å². The number of carbonyl (C=O) groups excluding carboxylic acids is 1. The Bertz CT molecular complexity index is 463. The number of hydrogen-bond donors (Lipinski definition) is 1. The lowest BCUT2D eigenvalue weighted by molar-refractivity contribution is -0.130. The minimum Gasteiger partial charge on any atom is -0.493 e. The number of amides is 1. The highest BCUT2D eigenvalue weighted by atomic mass is 16.5. The van der Waals surface area contributed by atoms with E-state index in [1.807, 2.05) is 23.1 Å². The number of benzene rings is 1. The molecule has 1 amide bonds. The summed E-state index contributed by atoms with van der Waals surface area (Å²) in [4.78, 5) is 14.0. The molecule has 0 saturated carbocycles. The van der Waals surface area contributed by atoms with Gasteiger partial charge in [0.2, 0.25) is 5.91 Å². The molecule has 5 nitrogen and oxygen atoms in total. The monoisotopic (exact) mass is 308 g/mol. The van der Waals surface area contributed by atoms with Crippen LogP contribution in [0.1, 0.15) is 32.3 Å². The van der Waals surface area contributed by atoms with Crippen molar-refractivity contribution in [1.29, 1.82) is 0 Å². The predicted molar refractivity (Wildman–Crippen MR) is 88.4 cm³/mol. The lowest BCUT2D eigenvalue weighted by atomic mass is 10.1. The van der Waals surface area contributed by atoms with E-state index in [-0.39, 0.29) is 5.91 Å². The average Bonchev–Trinajstić information content (AvgIpc) is 2.53. The van der Waals surface area contributed by atoms with Crippen LogP contribution in [0.3, 0.4) is 0 Å². The summed E-state index contributed by atoms with van der Waals surface area (Å²) in [5.74, 6) is 1.56. The molecule has 124 valence electrons. The highest BCUT2D eigenvalue weighted by Gasteiger charge is 2.14. The molecule has 5 heteroatoms. The lowest BCUT2D eigenvalue weighted by Crippen LogP contribution is -2.37. The summed E-state index contributed by atoms with van der Waals surface area (Å²) in [6, 6.07) is 5.85. The van der Waals surface area contributed by atoms with Crippen molar-refractivity contribution < 1.29 is 14.3 Å². The maximum absolute atomic E-state index is 12.1. The highest BCUT2D eigenvalue weighted by molar-refractivity contribution is 5.78. The van der Waals surface area contributed by atoms with Crippen LogP contribution in [0.25, 0.3) is 0 Å². The highest BCUT2D eigenvalue weighted by Crippen LogP contribution is 2.28. The Morgan fingerprint density at radius 1 is 1.23 bits per heavy atom. The number of carbonyl (C=O) groups is 1. The summed E-state index contributed by atoms with van der Waals surface area (Å²) in [7, 11) is 3.42. The second kappa shape index (κ2) is 10.1. The van der Waals surface area contributed by atoms with Crippen molar-refractivity contribution >= 4 is 5.91 Å². The Labute approximate surface area is 133 Å². The van der Waals surface area contributed by atoms with Gasteiger partial charge in [0, 0.05) is 13.1 Å². The second-order valence-electron chi connectivity index (χ2n) is 5.18. The molecule has 1 aromatic carbocycles. The average molecular weight is 308 g/mol. The zero-order chi connectivity index (χ0) is 16.4. The molecule has 0 fully saturated rings. The van der Waals surface area contributed by atoms with Crippen LogP contribution in [0.4, 0.5) is 0 Å². The van der Waals surface area contributed by atoms with E-state index in [1.165, 1.54) is 0 Å². The summed E-state index contributed by atoms with van der Waals surface area (Å²) in [5, 5.41) is 2.91. The Morgan fingerprint density at radius 2 is 2.00 bits per heavy atom. The van der Waals surface area contributed by atoms with Crippen LogP contribution in [0.5, 0.6) is 11.5 Å². The first kappa shape index (κ1) is 18.3. The minimum absolute atomic E-state index is 0.106. The maximum atomic E-state index is 12.1. The second-order valence-corrected chi connectivity index (χ2v) is 5.18. The number of ether oxygens (including phenoxy) is 2. The van der Waals surface area contributed by atoms with Crippen LogP contribution in [0.2, 0.25) is 0 Å². The molecule has 0 spiro atoms. The standard InChI is InChI=1S/C17H28N2O3/c1-5-9-19(17(20)12-18-3)13-14-7-8-15(22-10-6-2)16(11-14)21-4/h7-8,11,18H,5-6,9-10,12-13H2,1-4H3. The Kier molecular flexibility index (Phi) is 8.36. The van der Waals surface area contributed by atoms with E-state index < -0.39 is 0 Å². The van der Waals surface area contributed by atoms with Gasteiger partial charge in [-0.3, -0.25) is 4.79 Å². The Balaban J connectivity index is 2.83. The minimum atomic E-state index is 0.106. The van der Waals surface area contributed by atoms with Gasteiger partial charge in [-0.05, 0) is 37.6 Å². The fourth-order valence-corrected chi connectivity index (χ4v) is 2.19. The number of rotatable bonds is 10. The van der Waals surface area contributed by atoms with E-state index in [0.29, 0.717) is 25.4 Å². The quantitative estimate of drug-likeness (QED) is 0.721. The van der Waals surface area contributed by atoms with Crippen molar-refractivity contribution in [3.63, 3.8) is 0 Å². The molecule has 0 bridgehead atoms. The molecular formula is C17H28N2O3. The topological polar surface area (TPSA) is 50.8 Å². The Morgan fingerprint density at radius 3 is 2.59 bits per heavy atom. The van der Waals surface area contributed by atoms with Crippen molar-refractivity contribution in [2.45, 2.75) is 33.2 Å². The molecule has 1 aromatic rings. The summed E-state index contributed by atoms with van der Waals surface area (Å²) in [6.45, 7) is 6.49. The number of methoxy groups -OCH3 is 1. The molecule has 0 radical (unpaired) electrons. The summed E-state index contributed by atoms with van der Waals surface area (Å²) >= 11 is 0. The Hall–Kier alpha value is -1.75. The van der Waals surface area contributed by atoms with E-state index in [0.717, 1.165) is 30.7 Å². The molecule has 22 heavy (non-hydrogen) atoms. The van der Waals surface area contributed by atoms with Gasteiger partial charge in [-0.2, -0.15) is 0 Å². The van der Waals surface area contributed by atoms with Crippen LogP contribution < -0.4 is 14.8 Å². The molecule has 1 N–H and O–H groups in total. The van der Waals surface area contributed by atoms with Crippen LogP contribution in [-0.2, 0) is 11.3 Å². The van der Waals surface area contributed by atoms with Gasteiger partial charge in [0.15, 0.2) is 11.5 Å². The molecule has 0 aliphatic rings. The van der Waals surface area contributed by atoms with Gasteiger partial charge in [-0.1, -0.05) is 19.9 Å². The van der Waals surface area contributed by atoms with Crippen molar-refractivity contribution in [3.8, 4) is 11.5 Å². The largest absolute Gasteiger partial charge is 0.493 e. The van der Waals surface area contributed by atoms with Crippen LogP contribution >= 0.6 is 0 Å². The van der Waals surface area contributed by atoms with Gasteiger partial charge in [-0.15, -0.1) is 0 Å². The van der Waals surface area contributed by atoms with Gasteiger partial charge in [0.05, 0.1) is 20.3 Å². The van der Waals surface area contributed by atoms with Crippen molar-refractivity contribution in [1.82, 2.24) is 10.2 Å². The van der Waals surface area contributed by atoms with E-state index in [2.05, 4.69) is 19.2 Å². The third-order valence-corrected chi connectivity index (χ3v) is 3.24. The normalized spacial score (nSPS) is 10.4. The van der Waals surface area contributed by atoms with Crippen molar-refractivity contribution in [2.75, 3.05) is 33.9 Å². The number of nitrogens with one attached hydrogen (secondary N) is 1. The molecular weight excluding hydrogens is 280 g/mol. The summed E-state index contributed by atoms with van der Waals surface area (Å²) in [6.07, 6.45) is 1.89. The third kappa shape index (κ3) is 5.56. The molecule has 1 rings (SSSR count). The smallest absolute Gasteiger partial charge is 0.236 e. The molecule has 0 aliphatic heterocycles. The first-order chi connectivity index (χ1) is 10.7. The lowest BCUT2D eigenvalue weighted by Gasteiger charge is -2.22. The fourth-order valence-electron chi connectivity index (χ4n) is 2.19. The van der Waals surface area contributed by atoms with Gasteiger partial charge < -0.3 is 19.7 Å². The van der Waals surface area contributed by atoms with E-state index in [1.54, 1.807) is 14.2 Å². The predicted octanol–water partition coefficient (Wildman–Crippen LogP) is 2.44. The number of hydrogen-bond acceptors (Lipinski definition) is 4. The van der Waals surface area contributed by atoms with Crippen molar-refractivity contribution in [2.24, 2.45) is 0 Å². The van der Waals surface area contributed by atoms with Gasteiger partial charge in [0.1, 0.15) is 0 Å². The van der Waals surface area contributed by atoms with E-state index in [9.17, 15) is 4.79 Å². The van der Waals surface area contributed by atoms with Gasteiger partial charge >= 0.3 is 0 Å². The first-order valence-electron chi connectivity index (χ1n) is 7.88. The zero-order valence-electron chi connectivity index (χ0n) is 14.1. The number of nitrogens with zero attached hydrogens (tertiary/aromatic N) is 1. The number of likely N-dealkylation sites (N-methyl/N-ethyl adjacent to an activating group) is 1. The third-order valence-electron chi connectivity index (χ3n) is 3.24. The molecule has 0 atom stereocenters. The van der Waals surface area contributed by atoms with Gasteiger partial charge in [-0.25, -0.2) is 0 Å². The molecule has 0 aromatic heterocycles. The summed E-state index contributed by atoms with van der Waals surface area (Å²) < 4.78 is 11.0. The van der Waals surface area contributed by atoms with E-state index in [4.69, 9.17) is 9.47 Å². The summed E-state index contributed by atoms with van der Waals surface area (Å²) in [5.41, 5.74) is 1.04. The fraction of sp³-hybridized carbons (Fsp3) is 0.588. The van der Waals surface area contributed by atoms with Crippen LogP contribution in [0, 0.1) is 0 Å². The first-order valence-corrected chi connectivity index (χ1v) is 7.88. The van der Waals surface area contributed by atoms with Crippen LogP contribution in [0.15, 0.2) is 18.2 Å². The molecule has 0 aliphatic carbocycles. The van der Waals surface area contributed by atoms with Crippen LogP contribution in [-0.4, -0.2) is 44.7 Å². The maximum Gasteiger partial charge on any atom is 0.236 e.